The average Bonchev–Trinajstić information content (AvgIpc) is 3.18. The van der Waals surface area contributed by atoms with E-state index in [-0.39, 0.29) is 11.8 Å². The number of carbonyl (C=O) groups is 2. The van der Waals surface area contributed by atoms with E-state index in [4.69, 9.17) is 16.6 Å². The third-order valence-corrected chi connectivity index (χ3v) is 6.34. The van der Waals surface area contributed by atoms with Gasteiger partial charge in [-0.2, -0.15) is 0 Å². The standard InChI is InChI=1S/C23H24ClN5O2/c1-14-13-17(20-21(25-14)29-11-4-2-3-5-19(29)27-20)22(30)26-18-10-12-28(23(18)31)16-8-6-15(24)7-9-16/h6-9,13,18H,2-5,10-12H2,1H3,(H,26,30). The number of amides is 2. The highest BCUT2D eigenvalue weighted by molar-refractivity contribution is 6.30. The lowest BCUT2D eigenvalue weighted by molar-refractivity contribution is -0.118. The molecule has 0 radical (unpaired) electrons. The second kappa shape index (κ2) is 7.96. The van der Waals surface area contributed by atoms with Crippen molar-refractivity contribution in [1.29, 1.82) is 0 Å². The Morgan fingerprint density at radius 1 is 1.13 bits per heavy atom. The van der Waals surface area contributed by atoms with E-state index in [0.717, 1.165) is 48.7 Å². The minimum Gasteiger partial charge on any atom is -0.340 e. The van der Waals surface area contributed by atoms with Crippen molar-refractivity contribution in [1.82, 2.24) is 19.9 Å². The van der Waals surface area contributed by atoms with Crippen molar-refractivity contribution >= 4 is 40.3 Å². The Balaban J connectivity index is 1.41. The predicted molar refractivity (Wildman–Crippen MR) is 119 cm³/mol. The number of nitrogens with zero attached hydrogens (tertiary/aromatic N) is 4. The van der Waals surface area contributed by atoms with Gasteiger partial charge in [-0.25, -0.2) is 9.97 Å². The lowest BCUT2D eigenvalue weighted by atomic mass is 10.1. The molecule has 7 nitrogen and oxygen atoms in total. The van der Waals surface area contributed by atoms with Crippen molar-refractivity contribution in [2.24, 2.45) is 0 Å². The molecule has 2 aliphatic heterocycles. The third-order valence-electron chi connectivity index (χ3n) is 6.09. The van der Waals surface area contributed by atoms with Gasteiger partial charge in [0.25, 0.3) is 5.91 Å². The van der Waals surface area contributed by atoms with E-state index in [1.165, 1.54) is 6.42 Å². The molecule has 0 spiro atoms. The van der Waals surface area contributed by atoms with Gasteiger partial charge >= 0.3 is 0 Å². The van der Waals surface area contributed by atoms with Crippen LogP contribution in [0.1, 0.15) is 47.6 Å². The molecular formula is C23H24ClN5O2. The molecule has 0 bridgehead atoms. The number of aryl methyl sites for hydroxylation is 3. The lowest BCUT2D eigenvalue weighted by Crippen LogP contribution is -2.41. The number of hydrogen-bond donors (Lipinski definition) is 1. The molecule has 160 valence electrons. The van der Waals surface area contributed by atoms with Gasteiger partial charge in [0.1, 0.15) is 17.4 Å². The highest BCUT2D eigenvalue weighted by Crippen LogP contribution is 2.26. The fourth-order valence-corrected chi connectivity index (χ4v) is 4.64. The van der Waals surface area contributed by atoms with Crippen molar-refractivity contribution in [3.8, 4) is 0 Å². The number of fused-ring (bicyclic) bond motifs is 3. The number of pyridine rings is 1. The van der Waals surface area contributed by atoms with Crippen LogP contribution in [0.4, 0.5) is 5.69 Å². The maximum absolute atomic E-state index is 13.2. The van der Waals surface area contributed by atoms with Crippen LogP contribution in [-0.4, -0.2) is 38.9 Å². The normalized spacial score (nSPS) is 18.8. The van der Waals surface area contributed by atoms with Crippen molar-refractivity contribution in [3.63, 3.8) is 0 Å². The van der Waals surface area contributed by atoms with Crippen LogP contribution < -0.4 is 10.2 Å². The fraction of sp³-hybridized carbons (Fsp3) is 0.391. The molecule has 8 heteroatoms. The van der Waals surface area contributed by atoms with Crippen LogP contribution in [0.2, 0.25) is 5.02 Å². The van der Waals surface area contributed by atoms with Crippen LogP contribution in [0.3, 0.4) is 0 Å². The SMILES string of the molecule is Cc1cc(C(=O)NC2CCN(c3ccc(Cl)cc3)C2=O)c2nc3n(c2n1)CCCCC3. The number of halogens is 1. The third kappa shape index (κ3) is 3.67. The average molecular weight is 438 g/mol. The highest BCUT2D eigenvalue weighted by Gasteiger charge is 2.34. The van der Waals surface area contributed by atoms with Crippen LogP contribution in [0, 0.1) is 6.92 Å². The summed E-state index contributed by atoms with van der Waals surface area (Å²) in [4.78, 5) is 37.3. The maximum atomic E-state index is 13.2. The van der Waals surface area contributed by atoms with Crippen LogP contribution >= 0.6 is 11.6 Å². The molecule has 1 atom stereocenters. The molecular weight excluding hydrogens is 414 g/mol. The van der Waals surface area contributed by atoms with E-state index in [9.17, 15) is 9.59 Å². The molecule has 5 rings (SSSR count). The summed E-state index contributed by atoms with van der Waals surface area (Å²) in [6, 6.07) is 8.36. The maximum Gasteiger partial charge on any atom is 0.254 e. The van der Waals surface area contributed by atoms with Gasteiger partial charge in [0.15, 0.2) is 5.65 Å². The summed E-state index contributed by atoms with van der Waals surface area (Å²) in [7, 11) is 0. The Labute approximate surface area is 185 Å². The largest absolute Gasteiger partial charge is 0.340 e. The molecule has 1 saturated heterocycles. The Kier molecular flexibility index (Phi) is 5.14. The van der Waals surface area contributed by atoms with E-state index in [1.807, 2.05) is 19.1 Å². The van der Waals surface area contributed by atoms with Gasteiger partial charge in [0, 0.05) is 35.9 Å². The Morgan fingerprint density at radius 2 is 1.94 bits per heavy atom. The molecule has 0 aliphatic carbocycles. The van der Waals surface area contributed by atoms with Crippen LogP contribution in [0.15, 0.2) is 30.3 Å². The van der Waals surface area contributed by atoms with E-state index >= 15 is 0 Å². The van der Waals surface area contributed by atoms with Gasteiger partial charge in [-0.05, 0) is 56.5 Å². The van der Waals surface area contributed by atoms with Gasteiger partial charge in [-0.3, -0.25) is 9.59 Å². The van der Waals surface area contributed by atoms with E-state index in [1.54, 1.807) is 23.1 Å². The quantitative estimate of drug-likeness (QED) is 0.678. The number of anilines is 1. The predicted octanol–water partition coefficient (Wildman–Crippen LogP) is 3.65. The Hall–Kier alpha value is -2.93. The number of aromatic nitrogens is 3. The zero-order valence-corrected chi connectivity index (χ0v) is 18.2. The molecule has 1 aromatic carbocycles. The molecule has 1 N–H and O–H groups in total. The van der Waals surface area contributed by atoms with E-state index in [2.05, 4.69) is 14.9 Å². The monoisotopic (exact) mass is 437 g/mol. The van der Waals surface area contributed by atoms with Gasteiger partial charge in [0.2, 0.25) is 5.91 Å². The first kappa shape index (κ1) is 20.0. The first-order chi connectivity index (χ1) is 15.0. The van der Waals surface area contributed by atoms with Crippen molar-refractivity contribution < 1.29 is 9.59 Å². The summed E-state index contributed by atoms with van der Waals surface area (Å²) >= 11 is 5.95. The summed E-state index contributed by atoms with van der Waals surface area (Å²) in [5.41, 5.74) is 3.43. The summed E-state index contributed by atoms with van der Waals surface area (Å²) in [6.45, 7) is 3.31. The molecule has 31 heavy (non-hydrogen) atoms. The first-order valence-corrected chi connectivity index (χ1v) is 11.1. The van der Waals surface area contributed by atoms with Gasteiger partial charge in [0.05, 0.1) is 5.56 Å². The first-order valence-electron chi connectivity index (χ1n) is 10.8. The minimum atomic E-state index is -0.563. The number of hydrogen-bond acceptors (Lipinski definition) is 4. The molecule has 2 aliphatic rings. The van der Waals surface area contributed by atoms with Gasteiger partial charge in [-0.1, -0.05) is 18.0 Å². The summed E-state index contributed by atoms with van der Waals surface area (Å²) in [6.07, 6.45) is 4.82. The lowest BCUT2D eigenvalue weighted by Gasteiger charge is -2.17. The topological polar surface area (TPSA) is 80.1 Å². The zero-order chi connectivity index (χ0) is 21.5. The molecule has 1 unspecified atom stereocenters. The second-order valence-electron chi connectivity index (χ2n) is 8.25. The molecule has 2 aromatic heterocycles. The smallest absolute Gasteiger partial charge is 0.254 e. The van der Waals surface area contributed by atoms with Crippen LogP contribution in [-0.2, 0) is 17.8 Å². The van der Waals surface area contributed by atoms with Crippen LogP contribution in [0.25, 0.3) is 11.2 Å². The molecule has 2 amide bonds. The number of nitrogens with one attached hydrogen (secondary N) is 1. The summed E-state index contributed by atoms with van der Waals surface area (Å²) < 4.78 is 2.15. The summed E-state index contributed by atoms with van der Waals surface area (Å²) in [5, 5.41) is 3.56. The summed E-state index contributed by atoms with van der Waals surface area (Å²) in [5.74, 6) is 0.601. The Bertz CT molecular complexity index is 1170. The minimum absolute atomic E-state index is 0.113. The molecule has 3 aromatic rings. The molecule has 1 fully saturated rings. The fourth-order valence-electron chi connectivity index (χ4n) is 4.52. The van der Waals surface area contributed by atoms with E-state index in [0.29, 0.717) is 29.1 Å². The van der Waals surface area contributed by atoms with E-state index < -0.39 is 6.04 Å². The molecule has 4 heterocycles. The van der Waals surface area contributed by atoms with Crippen LogP contribution in [0.5, 0.6) is 0 Å². The second-order valence-corrected chi connectivity index (χ2v) is 8.69. The van der Waals surface area contributed by atoms with Gasteiger partial charge < -0.3 is 14.8 Å². The number of carbonyl (C=O) groups excluding carboxylic acids is 2. The molecule has 0 saturated carbocycles. The van der Waals surface area contributed by atoms with Crippen molar-refractivity contribution in [2.45, 2.75) is 51.6 Å². The number of rotatable bonds is 3. The number of imidazole rings is 1. The van der Waals surface area contributed by atoms with Crippen molar-refractivity contribution in [3.05, 3.63) is 52.4 Å². The highest BCUT2D eigenvalue weighted by atomic mass is 35.5. The van der Waals surface area contributed by atoms with Crippen molar-refractivity contribution in [2.75, 3.05) is 11.4 Å². The zero-order valence-electron chi connectivity index (χ0n) is 17.4. The van der Waals surface area contributed by atoms with Gasteiger partial charge in [-0.15, -0.1) is 0 Å². The number of benzene rings is 1. The Morgan fingerprint density at radius 3 is 2.74 bits per heavy atom.